The minimum atomic E-state index is 0.153. The van der Waals surface area contributed by atoms with Gasteiger partial charge in [-0.15, -0.1) is 0 Å². The van der Waals surface area contributed by atoms with E-state index in [1.165, 1.54) is 6.42 Å². The van der Waals surface area contributed by atoms with E-state index in [9.17, 15) is 4.79 Å². The summed E-state index contributed by atoms with van der Waals surface area (Å²) in [6, 6.07) is 0.231. The van der Waals surface area contributed by atoms with Crippen molar-refractivity contribution in [2.45, 2.75) is 57.8 Å². The Hall–Kier alpha value is -0.610. The summed E-state index contributed by atoms with van der Waals surface area (Å²) in [5, 5.41) is 0. The van der Waals surface area contributed by atoms with E-state index in [1.807, 2.05) is 18.7 Å². The number of nitrogens with zero attached hydrogens (tertiary/aromatic N) is 1. The van der Waals surface area contributed by atoms with E-state index in [0.29, 0.717) is 12.3 Å². The summed E-state index contributed by atoms with van der Waals surface area (Å²) in [6.07, 6.45) is 4.30. The Balaban J connectivity index is 1.86. The second-order valence-electron chi connectivity index (χ2n) is 5.62. The van der Waals surface area contributed by atoms with Crippen LogP contribution >= 0.6 is 0 Å². The molecule has 2 rings (SSSR count). The smallest absolute Gasteiger partial charge is 0.223 e. The number of carbonyl (C=O) groups is 1. The van der Waals surface area contributed by atoms with Gasteiger partial charge in [-0.3, -0.25) is 4.79 Å². The highest BCUT2D eigenvalue weighted by molar-refractivity contribution is 5.76. The average Bonchev–Trinajstić information content (AvgIpc) is 2.63. The first-order chi connectivity index (χ1) is 8.06. The van der Waals surface area contributed by atoms with Gasteiger partial charge in [0.05, 0.1) is 12.2 Å². The molecule has 2 unspecified atom stereocenters. The van der Waals surface area contributed by atoms with Crippen molar-refractivity contribution in [2.75, 3.05) is 13.1 Å². The van der Waals surface area contributed by atoms with Gasteiger partial charge in [-0.2, -0.15) is 0 Å². The molecule has 0 bridgehead atoms. The SMILES string of the molecule is CC1CN(C(=O)C[C@@H]2CCC[C@H]2N)CC(C)O1. The van der Waals surface area contributed by atoms with Crippen LogP contribution in [0.5, 0.6) is 0 Å². The first kappa shape index (κ1) is 12.8. The van der Waals surface area contributed by atoms with E-state index in [1.54, 1.807) is 0 Å². The van der Waals surface area contributed by atoms with Crippen LogP contribution in [0.4, 0.5) is 0 Å². The highest BCUT2D eigenvalue weighted by Crippen LogP contribution is 2.27. The van der Waals surface area contributed by atoms with Crippen molar-refractivity contribution in [2.24, 2.45) is 11.7 Å². The Labute approximate surface area is 103 Å². The standard InChI is InChI=1S/C13H24N2O2/c1-9-7-15(8-10(2)17-9)13(16)6-11-4-3-5-12(11)14/h9-12H,3-8,14H2,1-2H3/t9?,10?,11-,12+/m0/s1. The molecule has 1 saturated heterocycles. The van der Waals surface area contributed by atoms with E-state index in [-0.39, 0.29) is 24.2 Å². The molecule has 1 heterocycles. The van der Waals surface area contributed by atoms with Crippen molar-refractivity contribution in [3.63, 3.8) is 0 Å². The first-order valence-electron chi connectivity index (χ1n) is 6.75. The fourth-order valence-electron chi connectivity index (χ4n) is 3.05. The second kappa shape index (κ2) is 5.36. The Bertz CT molecular complexity index is 273. The predicted octanol–water partition coefficient (Wildman–Crippen LogP) is 1.14. The lowest BCUT2D eigenvalue weighted by molar-refractivity contribution is -0.144. The molecule has 4 heteroatoms. The fraction of sp³-hybridized carbons (Fsp3) is 0.923. The van der Waals surface area contributed by atoms with Gasteiger partial charge < -0.3 is 15.4 Å². The normalized spacial score (nSPS) is 38.4. The Morgan fingerprint density at radius 2 is 1.94 bits per heavy atom. The minimum absolute atomic E-state index is 0.153. The van der Waals surface area contributed by atoms with E-state index in [2.05, 4.69) is 0 Å². The zero-order chi connectivity index (χ0) is 12.4. The number of hydrogen-bond donors (Lipinski definition) is 1. The summed E-state index contributed by atoms with van der Waals surface area (Å²) in [7, 11) is 0. The molecule has 0 aromatic rings. The quantitative estimate of drug-likeness (QED) is 0.787. The molecule has 0 spiro atoms. The summed E-state index contributed by atoms with van der Waals surface area (Å²) < 4.78 is 5.64. The first-order valence-corrected chi connectivity index (χ1v) is 6.75. The monoisotopic (exact) mass is 240 g/mol. The highest BCUT2D eigenvalue weighted by atomic mass is 16.5. The lowest BCUT2D eigenvalue weighted by Gasteiger charge is -2.36. The lowest BCUT2D eigenvalue weighted by atomic mass is 9.99. The van der Waals surface area contributed by atoms with E-state index >= 15 is 0 Å². The number of hydrogen-bond acceptors (Lipinski definition) is 3. The molecule has 2 fully saturated rings. The molecule has 1 aliphatic heterocycles. The summed E-state index contributed by atoms with van der Waals surface area (Å²) in [5.74, 6) is 0.658. The van der Waals surface area contributed by atoms with Crippen LogP contribution in [-0.4, -0.2) is 42.1 Å². The van der Waals surface area contributed by atoms with Crippen molar-refractivity contribution in [3.05, 3.63) is 0 Å². The van der Waals surface area contributed by atoms with Gasteiger partial charge in [-0.25, -0.2) is 0 Å². The van der Waals surface area contributed by atoms with Crippen molar-refractivity contribution in [1.82, 2.24) is 4.90 Å². The van der Waals surface area contributed by atoms with Gasteiger partial charge in [0.2, 0.25) is 5.91 Å². The molecular formula is C13H24N2O2. The molecule has 1 amide bonds. The number of nitrogens with two attached hydrogens (primary N) is 1. The molecule has 1 saturated carbocycles. The van der Waals surface area contributed by atoms with Crippen LogP contribution in [0.25, 0.3) is 0 Å². The van der Waals surface area contributed by atoms with Crippen LogP contribution in [0.3, 0.4) is 0 Å². The van der Waals surface area contributed by atoms with E-state index in [4.69, 9.17) is 10.5 Å². The Morgan fingerprint density at radius 3 is 2.47 bits per heavy atom. The Kier molecular flexibility index (Phi) is 4.05. The summed E-state index contributed by atoms with van der Waals surface area (Å²) in [6.45, 7) is 5.50. The van der Waals surface area contributed by atoms with Crippen molar-refractivity contribution < 1.29 is 9.53 Å². The molecule has 2 aliphatic rings. The van der Waals surface area contributed by atoms with Crippen LogP contribution in [-0.2, 0) is 9.53 Å². The highest BCUT2D eigenvalue weighted by Gasteiger charge is 2.31. The zero-order valence-electron chi connectivity index (χ0n) is 10.9. The van der Waals surface area contributed by atoms with Gasteiger partial charge in [0.15, 0.2) is 0 Å². The second-order valence-corrected chi connectivity index (χ2v) is 5.62. The predicted molar refractivity (Wildman–Crippen MR) is 66.5 cm³/mol. The van der Waals surface area contributed by atoms with E-state index < -0.39 is 0 Å². The summed E-state index contributed by atoms with van der Waals surface area (Å²) in [5.41, 5.74) is 6.02. The van der Waals surface area contributed by atoms with Crippen LogP contribution in [0, 0.1) is 5.92 Å². The number of morpholine rings is 1. The summed E-state index contributed by atoms with van der Waals surface area (Å²) in [4.78, 5) is 14.2. The largest absolute Gasteiger partial charge is 0.372 e. The number of ether oxygens (including phenoxy) is 1. The fourth-order valence-corrected chi connectivity index (χ4v) is 3.05. The molecule has 98 valence electrons. The minimum Gasteiger partial charge on any atom is -0.372 e. The van der Waals surface area contributed by atoms with Gasteiger partial charge in [-0.1, -0.05) is 6.42 Å². The van der Waals surface area contributed by atoms with Gasteiger partial charge in [0, 0.05) is 25.6 Å². The average molecular weight is 240 g/mol. The third-order valence-corrected chi connectivity index (χ3v) is 3.93. The Morgan fingerprint density at radius 1 is 1.29 bits per heavy atom. The third-order valence-electron chi connectivity index (χ3n) is 3.93. The van der Waals surface area contributed by atoms with Crippen molar-refractivity contribution in [1.29, 1.82) is 0 Å². The van der Waals surface area contributed by atoms with Gasteiger partial charge in [0.1, 0.15) is 0 Å². The molecule has 17 heavy (non-hydrogen) atoms. The molecule has 1 aliphatic carbocycles. The maximum absolute atomic E-state index is 12.2. The number of carbonyl (C=O) groups excluding carboxylic acids is 1. The zero-order valence-corrected chi connectivity index (χ0v) is 10.9. The van der Waals surface area contributed by atoms with Crippen molar-refractivity contribution in [3.8, 4) is 0 Å². The van der Waals surface area contributed by atoms with Crippen LogP contribution in [0.1, 0.15) is 39.5 Å². The van der Waals surface area contributed by atoms with Crippen LogP contribution in [0.15, 0.2) is 0 Å². The molecule has 0 aromatic heterocycles. The summed E-state index contributed by atoms with van der Waals surface area (Å²) >= 11 is 0. The topological polar surface area (TPSA) is 55.6 Å². The molecule has 2 N–H and O–H groups in total. The third kappa shape index (κ3) is 3.19. The molecule has 0 aromatic carbocycles. The van der Waals surface area contributed by atoms with Gasteiger partial charge in [-0.05, 0) is 32.6 Å². The number of rotatable bonds is 2. The lowest BCUT2D eigenvalue weighted by Crippen LogP contribution is -2.48. The maximum atomic E-state index is 12.2. The molecular weight excluding hydrogens is 216 g/mol. The van der Waals surface area contributed by atoms with Crippen LogP contribution < -0.4 is 5.73 Å². The molecule has 4 atom stereocenters. The van der Waals surface area contributed by atoms with Crippen molar-refractivity contribution >= 4 is 5.91 Å². The number of amides is 1. The van der Waals surface area contributed by atoms with E-state index in [0.717, 1.165) is 25.9 Å². The van der Waals surface area contributed by atoms with Crippen LogP contribution in [0.2, 0.25) is 0 Å². The van der Waals surface area contributed by atoms with Gasteiger partial charge >= 0.3 is 0 Å². The molecule has 4 nitrogen and oxygen atoms in total. The maximum Gasteiger partial charge on any atom is 0.223 e. The van der Waals surface area contributed by atoms with Gasteiger partial charge in [0.25, 0.3) is 0 Å². The molecule has 0 radical (unpaired) electrons.